The number of para-hydroxylation sites is 1. The van der Waals surface area contributed by atoms with Crippen LogP contribution in [-0.4, -0.2) is 35.3 Å². The zero-order valence-electron chi connectivity index (χ0n) is 15.9. The van der Waals surface area contributed by atoms with Crippen LogP contribution in [0.4, 0.5) is 5.69 Å². The number of benzene rings is 2. The summed E-state index contributed by atoms with van der Waals surface area (Å²) in [5, 5.41) is 3.90. The second-order valence-corrected chi connectivity index (χ2v) is 8.72. The molecule has 7 heteroatoms. The van der Waals surface area contributed by atoms with Gasteiger partial charge in [0.1, 0.15) is 0 Å². The predicted molar refractivity (Wildman–Crippen MR) is 118 cm³/mol. The van der Waals surface area contributed by atoms with Crippen LogP contribution in [0.1, 0.15) is 23.4 Å². The fourth-order valence-electron chi connectivity index (χ4n) is 2.87. The summed E-state index contributed by atoms with van der Waals surface area (Å²) in [6, 6.07) is 13.7. The van der Waals surface area contributed by atoms with Crippen molar-refractivity contribution < 1.29 is 9.59 Å². The van der Waals surface area contributed by atoms with E-state index in [0.29, 0.717) is 6.42 Å². The summed E-state index contributed by atoms with van der Waals surface area (Å²) < 4.78 is 2.13. The molecule has 0 fully saturated rings. The van der Waals surface area contributed by atoms with Crippen LogP contribution in [0.5, 0.6) is 0 Å². The van der Waals surface area contributed by atoms with Crippen LogP contribution >= 0.6 is 27.3 Å². The van der Waals surface area contributed by atoms with Crippen LogP contribution in [0, 0.1) is 6.92 Å². The van der Waals surface area contributed by atoms with Crippen molar-refractivity contribution in [2.45, 2.75) is 26.2 Å². The van der Waals surface area contributed by atoms with Gasteiger partial charge >= 0.3 is 0 Å². The highest BCUT2D eigenvalue weighted by Crippen LogP contribution is 2.23. The number of rotatable bonds is 7. The molecule has 0 aliphatic rings. The van der Waals surface area contributed by atoms with Crippen molar-refractivity contribution in [2.24, 2.45) is 0 Å². The normalized spacial score (nSPS) is 10.8. The van der Waals surface area contributed by atoms with Gasteiger partial charge in [0.05, 0.1) is 21.8 Å². The average molecular weight is 460 g/mol. The molecular formula is C21H22BrN3O2S. The third-order valence-electron chi connectivity index (χ3n) is 4.39. The number of amides is 2. The van der Waals surface area contributed by atoms with Gasteiger partial charge in [-0.25, -0.2) is 4.98 Å². The molecule has 0 saturated carbocycles. The van der Waals surface area contributed by atoms with Crippen molar-refractivity contribution in [3.8, 4) is 0 Å². The Hall–Kier alpha value is -2.25. The van der Waals surface area contributed by atoms with E-state index in [4.69, 9.17) is 0 Å². The molecular weight excluding hydrogens is 438 g/mol. The Balaban J connectivity index is 1.45. The number of halogens is 1. The van der Waals surface area contributed by atoms with Crippen LogP contribution < -0.4 is 5.32 Å². The first-order chi connectivity index (χ1) is 13.4. The maximum atomic E-state index is 12.3. The number of anilines is 1. The van der Waals surface area contributed by atoms with Gasteiger partial charge in [-0.2, -0.15) is 0 Å². The predicted octanol–water partition coefficient (Wildman–Crippen LogP) is 4.79. The van der Waals surface area contributed by atoms with Crippen molar-refractivity contribution in [1.82, 2.24) is 9.88 Å². The summed E-state index contributed by atoms with van der Waals surface area (Å²) in [5.41, 5.74) is 2.73. The first kappa shape index (κ1) is 20.5. The first-order valence-corrected chi connectivity index (χ1v) is 10.7. The molecule has 0 aliphatic heterocycles. The number of nitrogens with zero attached hydrogens (tertiary/aromatic N) is 2. The van der Waals surface area contributed by atoms with Crippen LogP contribution in [0.2, 0.25) is 0 Å². The van der Waals surface area contributed by atoms with Gasteiger partial charge in [-0.1, -0.05) is 28.1 Å². The summed E-state index contributed by atoms with van der Waals surface area (Å²) >= 11 is 5.07. The highest BCUT2D eigenvalue weighted by molar-refractivity contribution is 9.10. The summed E-state index contributed by atoms with van der Waals surface area (Å²) in [5.74, 6) is -0.240. The van der Waals surface area contributed by atoms with Crippen molar-refractivity contribution in [3.05, 3.63) is 57.5 Å². The van der Waals surface area contributed by atoms with E-state index in [9.17, 15) is 9.59 Å². The number of aromatic nitrogens is 1. The molecule has 0 aliphatic carbocycles. The molecule has 0 saturated heterocycles. The van der Waals surface area contributed by atoms with E-state index in [2.05, 4.69) is 32.3 Å². The van der Waals surface area contributed by atoms with Crippen molar-refractivity contribution >= 4 is 55.0 Å². The second kappa shape index (κ2) is 9.30. The third kappa shape index (κ3) is 5.39. The third-order valence-corrected chi connectivity index (χ3v) is 5.98. The Morgan fingerprint density at radius 3 is 2.75 bits per heavy atom. The molecule has 2 aromatic carbocycles. The Kier molecular flexibility index (Phi) is 6.80. The lowest BCUT2D eigenvalue weighted by Crippen LogP contribution is -2.34. The topological polar surface area (TPSA) is 62.3 Å². The van der Waals surface area contributed by atoms with Gasteiger partial charge in [-0.05, 0) is 55.7 Å². The van der Waals surface area contributed by atoms with Crippen LogP contribution in [-0.2, 0) is 16.0 Å². The molecule has 146 valence electrons. The van der Waals surface area contributed by atoms with Crippen molar-refractivity contribution in [3.63, 3.8) is 0 Å². The number of likely N-dealkylation sites (N-methyl/N-ethyl adjacent to an activating group) is 1. The number of nitrogens with one attached hydrogen (secondary N) is 1. The van der Waals surface area contributed by atoms with Gasteiger partial charge in [-0.3, -0.25) is 9.59 Å². The number of hydrogen-bond acceptors (Lipinski definition) is 4. The maximum Gasteiger partial charge on any atom is 0.243 e. The molecule has 28 heavy (non-hydrogen) atoms. The molecule has 0 spiro atoms. The average Bonchev–Trinajstić information content (AvgIpc) is 3.06. The lowest BCUT2D eigenvalue weighted by atomic mass is 10.2. The molecule has 5 nitrogen and oxygen atoms in total. The molecule has 0 radical (unpaired) electrons. The van der Waals surface area contributed by atoms with Gasteiger partial charge in [0, 0.05) is 23.6 Å². The van der Waals surface area contributed by atoms with Gasteiger partial charge in [0.15, 0.2) is 0 Å². The van der Waals surface area contributed by atoms with E-state index >= 15 is 0 Å². The summed E-state index contributed by atoms with van der Waals surface area (Å²) in [6.45, 7) is 1.97. The minimum atomic E-state index is -0.201. The Bertz CT molecular complexity index is 969. The second-order valence-electron chi connectivity index (χ2n) is 6.69. The van der Waals surface area contributed by atoms with E-state index in [-0.39, 0.29) is 18.4 Å². The highest BCUT2D eigenvalue weighted by atomic mass is 79.9. The molecule has 0 unspecified atom stereocenters. The van der Waals surface area contributed by atoms with Gasteiger partial charge in [0.25, 0.3) is 0 Å². The number of thiazole rings is 1. The number of aryl methyl sites for hydroxylation is 2. The molecule has 0 bridgehead atoms. The lowest BCUT2D eigenvalue weighted by molar-refractivity contribution is -0.133. The number of fused-ring (bicyclic) bond motifs is 1. The molecule has 1 N–H and O–H groups in total. The molecule has 1 aromatic heterocycles. The zero-order chi connectivity index (χ0) is 20.1. The fraction of sp³-hybridized carbons (Fsp3) is 0.286. The molecule has 2 amide bonds. The maximum absolute atomic E-state index is 12.3. The van der Waals surface area contributed by atoms with Gasteiger partial charge < -0.3 is 10.2 Å². The molecule has 3 aromatic rings. The van der Waals surface area contributed by atoms with Crippen LogP contribution in [0.3, 0.4) is 0 Å². The number of carbonyl (C=O) groups is 2. The summed E-state index contributed by atoms with van der Waals surface area (Å²) in [6.07, 6.45) is 1.89. The zero-order valence-corrected chi connectivity index (χ0v) is 18.3. The highest BCUT2D eigenvalue weighted by Gasteiger charge is 2.14. The van der Waals surface area contributed by atoms with Crippen molar-refractivity contribution in [2.75, 3.05) is 18.9 Å². The van der Waals surface area contributed by atoms with Crippen LogP contribution in [0.15, 0.2) is 46.9 Å². The standard InChI is InChI=1S/C21H22BrN3O2S/c1-14-12-15(22)10-11-16(14)23-19(26)13-25(2)21(27)9-5-8-20-24-17-6-3-4-7-18(17)28-20/h3-4,6-7,10-12H,5,8-9,13H2,1-2H3,(H,23,26). The summed E-state index contributed by atoms with van der Waals surface area (Å²) in [7, 11) is 1.66. The molecule has 3 rings (SSSR count). The van der Waals surface area contributed by atoms with Crippen molar-refractivity contribution in [1.29, 1.82) is 0 Å². The monoisotopic (exact) mass is 459 g/mol. The van der Waals surface area contributed by atoms with E-state index in [1.807, 2.05) is 43.3 Å². The van der Waals surface area contributed by atoms with E-state index in [1.54, 1.807) is 18.4 Å². The smallest absolute Gasteiger partial charge is 0.243 e. The largest absolute Gasteiger partial charge is 0.336 e. The van der Waals surface area contributed by atoms with E-state index in [1.165, 1.54) is 9.60 Å². The fourth-order valence-corrected chi connectivity index (χ4v) is 4.35. The Morgan fingerprint density at radius 1 is 1.21 bits per heavy atom. The first-order valence-electron chi connectivity index (χ1n) is 9.07. The number of hydrogen-bond donors (Lipinski definition) is 1. The molecule has 1 heterocycles. The SMILES string of the molecule is Cc1cc(Br)ccc1NC(=O)CN(C)C(=O)CCCc1nc2ccccc2s1. The number of carbonyl (C=O) groups excluding carboxylic acids is 2. The van der Waals surface area contributed by atoms with E-state index in [0.717, 1.165) is 39.1 Å². The molecule has 0 atom stereocenters. The minimum absolute atomic E-state index is 0.0372. The van der Waals surface area contributed by atoms with Gasteiger partial charge in [0.2, 0.25) is 11.8 Å². The minimum Gasteiger partial charge on any atom is -0.336 e. The Morgan fingerprint density at radius 2 is 2.00 bits per heavy atom. The van der Waals surface area contributed by atoms with E-state index < -0.39 is 0 Å². The van der Waals surface area contributed by atoms with Crippen LogP contribution in [0.25, 0.3) is 10.2 Å². The lowest BCUT2D eigenvalue weighted by Gasteiger charge is -2.17. The van der Waals surface area contributed by atoms with Gasteiger partial charge in [-0.15, -0.1) is 11.3 Å². The Labute approximate surface area is 176 Å². The summed E-state index contributed by atoms with van der Waals surface area (Å²) in [4.78, 5) is 30.6. The quantitative estimate of drug-likeness (QED) is 0.552.